The van der Waals surface area contributed by atoms with Crippen LogP contribution in [0.3, 0.4) is 0 Å². The molecule has 4 heteroatoms. The van der Waals surface area contributed by atoms with Gasteiger partial charge in [-0.2, -0.15) is 0 Å². The lowest BCUT2D eigenvalue weighted by molar-refractivity contribution is 0.177. The second-order valence-corrected chi connectivity index (χ2v) is 5.08. The minimum absolute atomic E-state index is 0.262. The summed E-state index contributed by atoms with van der Waals surface area (Å²) in [7, 11) is 0. The van der Waals surface area contributed by atoms with Gasteiger partial charge in [-0.05, 0) is 58.0 Å². The summed E-state index contributed by atoms with van der Waals surface area (Å²) in [5.41, 5.74) is 1.71. The summed E-state index contributed by atoms with van der Waals surface area (Å²) in [6, 6.07) is 9.72. The van der Waals surface area contributed by atoms with E-state index in [9.17, 15) is 5.11 Å². The van der Waals surface area contributed by atoms with Crippen LogP contribution in [0.2, 0.25) is 5.22 Å². The molecule has 1 aromatic carbocycles. The SMILES string of the molecule is OC(Cc1ccc(I)cc1)c1ccoc1Cl. The zero-order chi connectivity index (χ0) is 11.5. The van der Waals surface area contributed by atoms with Gasteiger partial charge in [0.15, 0.2) is 5.22 Å². The van der Waals surface area contributed by atoms with Crippen LogP contribution >= 0.6 is 34.2 Å². The van der Waals surface area contributed by atoms with Gasteiger partial charge in [0.2, 0.25) is 0 Å². The van der Waals surface area contributed by atoms with Crippen LogP contribution in [0.15, 0.2) is 41.0 Å². The summed E-state index contributed by atoms with van der Waals surface area (Å²) in [5, 5.41) is 10.2. The van der Waals surface area contributed by atoms with Crippen LogP contribution in [0.1, 0.15) is 17.2 Å². The quantitative estimate of drug-likeness (QED) is 0.856. The molecule has 1 unspecified atom stereocenters. The zero-order valence-corrected chi connectivity index (χ0v) is 11.3. The maximum atomic E-state index is 9.97. The lowest BCUT2D eigenvalue weighted by Gasteiger charge is -2.08. The van der Waals surface area contributed by atoms with Crippen molar-refractivity contribution in [3.05, 3.63) is 56.5 Å². The minimum Gasteiger partial charge on any atom is -0.453 e. The third-order valence-corrected chi connectivity index (χ3v) is 3.37. The molecule has 84 valence electrons. The highest BCUT2D eigenvalue weighted by Gasteiger charge is 2.14. The third-order valence-electron chi connectivity index (χ3n) is 2.35. The van der Waals surface area contributed by atoms with Crippen LogP contribution in [-0.2, 0) is 6.42 Å². The Balaban J connectivity index is 2.10. The van der Waals surface area contributed by atoms with Crippen molar-refractivity contribution in [2.75, 3.05) is 0 Å². The molecule has 0 radical (unpaired) electrons. The van der Waals surface area contributed by atoms with Gasteiger partial charge in [-0.25, -0.2) is 0 Å². The van der Waals surface area contributed by atoms with Crippen molar-refractivity contribution < 1.29 is 9.52 Å². The Kier molecular flexibility index (Phi) is 3.89. The molecule has 1 heterocycles. The Morgan fingerprint density at radius 3 is 2.50 bits per heavy atom. The highest BCUT2D eigenvalue weighted by molar-refractivity contribution is 14.1. The van der Waals surface area contributed by atoms with Crippen LogP contribution in [-0.4, -0.2) is 5.11 Å². The highest BCUT2D eigenvalue weighted by Crippen LogP contribution is 2.26. The summed E-state index contributed by atoms with van der Waals surface area (Å²) >= 11 is 8.05. The average molecular weight is 349 g/mol. The number of hydrogen-bond acceptors (Lipinski definition) is 2. The average Bonchev–Trinajstić information content (AvgIpc) is 2.68. The van der Waals surface area contributed by atoms with E-state index in [0.717, 1.165) is 5.56 Å². The molecule has 1 N–H and O–H groups in total. The summed E-state index contributed by atoms with van der Waals surface area (Å²) in [6.45, 7) is 0. The normalized spacial score (nSPS) is 12.7. The number of furan rings is 1. The van der Waals surface area contributed by atoms with Crippen LogP contribution in [0.5, 0.6) is 0 Å². The molecule has 0 aliphatic heterocycles. The number of halogens is 2. The first-order valence-corrected chi connectivity index (χ1v) is 6.28. The Labute approximate surface area is 112 Å². The molecular formula is C12H10ClIO2. The number of rotatable bonds is 3. The van der Waals surface area contributed by atoms with Crippen LogP contribution in [0, 0.1) is 3.57 Å². The van der Waals surface area contributed by atoms with Gasteiger partial charge in [0.05, 0.1) is 12.4 Å². The van der Waals surface area contributed by atoms with Gasteiger partial charge in [0, 0.05) is 15.6 Å². The molecule has 0 aliphatic rings. The van der Waals surface area contributed by atoms with Crippen molar-refractivity contribution >= 4 is 34.2 Å². The summed E-state index contributed by atoms with van der Waals surface area (Å²) in [6.07, 6.45) is 1.40. The molecule has 0 spiro atoms. The zero-order valence-electron chi connectivity index (χ0n) is 8.36. The molecule has 0 amide bonds. The van der Waals surface area contributed by atoms with E-state index in [1.54, 1.807) is 6.07 Å². The fourth-order valence-electron chi connectivity index (χ4n) is 1.50. The van der Waals surface area contributed by atoms with Gasteiger partial charge in [-0.3, -0.25) is 0 Å². The minimum atomic E-state index is -0.619. The molecule has 0 saturated carbocycles. The molecule has 2 nitrogen and oxygen atoms in total. The smallest absolute Gasteiger partial charge is 0.198 e. The Bertz CT molecular complexity index is 464. The maximum Gasteiger partial charge on any atom is 0.198 e. The molecule has 2 rings (SSSR count). The van der Waals surface area contributed by atoms with Gasteiger partial charge in [0.1, 0.15) is 0 Å². The second-order valence-electron chi connectivity index (χ2n) is 3.50. The number of hydrogen-bond donors (Lipinski definition) is 1. The van der Waals surface area contributed by atoms with E-state index in [4.69, 9.17) is 16.0 Å². The van der Waals surface area contributed by atoms with E-state index < -0.39 is 6.10 Å². The standard InChI is InChI=1S/C12H10ClIO2/c13-12-10(5-6-16-12)11(15)7-8-1-3-9(14)4-2-8/h1-6,11,15H,7H2. The fraction of sp³-hybridized carbons (Fsp3) is 0.167. The topological polar surface area (TPSA) is 33.4 Å². The largest absolute Gasteiger partial charge is 0.453 e. The Morgan fingerprint density at radius 2 is 1.94 bits per heavy atom. The van der Waals surface area contributed by atoms with Gasteiger partial charge in [-0.15, -0.1) is 0 Å². The predicted octanol–water partition coefficient (Wildman–Crippen LogP) is 3.81. The van der Waals surface area contributed by atoms with E-state index in [2.05, 4.69) is 22.6 Å². The predicted molar refractivity (Wildman–Crippen MR) is 71.5 cm³/mol. The van der Waals surface area contributed by atoms with Crippen LogP contribution in [0.4, 0.5) is 0 Å². The fourth-order valence-corrected chi connectivity index (χ4v) is 2.10. The lowest BCUT2D eigenvalue weighted by Crippen LogP contribution is -2.00. The van der Waals surface area contributed by atoms with Crippen molar-refractivity contribution in [1.82, 2.24) is 0 Å². The van der Waals surface area contributed by atoms with E-state index in [-0.39, 0.29) is 5.22 Å². The number of aliphatic hydroxyl groups excluding tert-OH is 1. The van der Waals surface area contributed by atoms with Gasteiger partial charge >= 0.3 is 0 Å². The molecule has 0 aliphatic carbocycles. The first-order valence-electron chi connectivity index (χ1n) is 4.82. The van der Waals surface area contributed by atoms with Crippen molar-refractivity contribution in [2.24, 2.45) is 0 Å². The monoisotopic (exact) mass is 348 g/mol. The van der Waals surface area contributed by atoms with Crippen LogP contribution in [0.25, 0.3) is 0 Å². The van der Waals surface area contributed by atoms with E-state index in [1.807, 2.05) is 24.3 Å². The van der Waals surface area contributed by atoms with Gasteiger partial charge < -0.3 is 9.52 Å². The Hall–Kier alpha value is -0.520. The first kappa shape index (κ1) is 12.0. The van der Waals surface area contributed by atoms with Crippen LogP contribution < -0.4 is 0 Å². The van der Waals surface area contributed by atoms with Crippen molar-refractivity contribution in [2.45, 2.75) is 12.5 Å². The molecule has 16 heavy (non-hydrogen) atoms. The van der Waals surface area contributed by atoms with E-state index in [0.29, 0.717) is 12.0 Å². The van der Waals surface area contributed by atoms with E-state index >= 15 is 0 Å². The molecular weight excluding hydrogens is 338 g/mol. The maximum absolute atomic E-state index is 9.97. The molecule has 0 fully saturated rings. The number of aliphatic hydroxyl groups is 1. The Morgan fingerprint density at radius 1 is 1.25 bits per heavy atom. The van der Waals surface area contributed by atoms with E-state index in [1.165, 1.54) is 9.83 Å². The van der Waals surface area contributed by atoms with Crippen molar-refractivity contribution in [1.29, 1.82) is 0 Å². The molecule has 2 aromatic rings. The number of benzene rings is 1. The molecule has 1 atom stereocenters. The summed E-state index contributed by atoms with van der Waals surface area (Å²) in [5.74, 6) is 0. The first-order chi connectivity index (χ1) is 7.66. The van der Waals surface area contributed by atoms with Crippen molar-refractivity contribution in [3.8, 4) is 0 Å². The summed E-state index contributed by atoms with van der Waals surface area (Å²) in [4.78, 5) is 0. The van der Waals surface area contributed by atoms with Crippen molar-refractivity contribution in [3.63, 3.8) is 0 Å². The molecule has 0 saturated heterocycles. The molecule has 1 aromatic heterocycles. The summed E-state index contributed by atoms with van der Waals surface area (Å²) < 4.78 is 6.12. The molecule has 0 bridgehead atoms. The second kappa shape index (κ2) is 5.21. The lowest BCUT2D eigenvalue weighted by atomic mass is 10.0. The van der Waals surface area contributed by atoms with Gasteiger partial charge in [-0.1, -0.05) is 12.1 Å². The third kappa shape index (κ3) is 2.78. The highest BCUT2D eigenvalue weighted by atomic mass is 127. The van der Waals surface area contributed by atoms with Gasteiger partial charge in [0.25, 0.3) is 0 Å².